The third kappa shape index (κ3) is 28.2. The molecule has 14 aromatic rings. The molecule has 149 heavy (non-hydrogen) atoms. The lowest BCUT2D eigenvalue weighted by Gasteiger charge is -2.30. The van der Waals surface area contributed by atoms with Crippen molar-refractivity contribution in [3.8, 4) is 33.4 Å². The lowest BCUT2D eigenvalue weighted by Crippen LogP contribution is -2.48. The molecule has 0 saturated carbocycles. The van der Waals surface area contributed by atoms with E-state index in [9.17, 15) is 67.0 Å². The monoisotopic (exact) mass is 2010 g/mol. The number of ketones is 3. The number of anilines is 1. The molecule has 1 saturated heterocycles. The first kappa shape index (κ1) is 110. The fraction of sp³-hybridized carbons (Fsp3) is 0.347. The molecule has 7 heterocycles. The first-order chi connectivity index (χ1) is 71.3. The summed E-state index contributed by atoms with van der Waals surface area (Å²) in [6.45, 7) is 31.6. The normalized spacial score (nSPS) is 14.8. The first-order valence-corrected chi connectivity index (χ1v) is 51.3. The van der Waals surface area contributed by atoms with Crippen LogP contribution < -0.4 is 42.8 Å². The van der Waals surface area contributed by atoms with Crippen molar-refractivity contribution in [3.05, 3.63) is 355 Å². The number of rotatable bonds is 37. The van der Waals surface area contributed by atoms with Gasteiger partial charge in [0, 0.05) is 90.6 Å². The first-order valence-electron chi connectivity index (χ1n) is 51.3. The van der Waals surface area contributed by atoms with Crippen LogP contribution in [0.25, 0.3) is 66.1 Å². The summed E-state index contributed by atoms with van der Waals surface area (Å²) < 4.78 is 18.6. The number of hydrogen-bond acceptors (Lipinski definition) is 18. The number of benzene rings is 9. The number of para-hydroxylation sites is 3. The Kier molecular flexibility index (Phi) is 37.9. The van der Waals surface area contributed by atoms with Gasteiger partial charge in [-0.05, 0) is 257 Å². The Morgan fingerprint density at radius 1 is 0.396 bits per heavy atom. The molecule has 5 amide bonds. The number of carboxylic acids is 1. The molecule has 5 N–H and O–H groups in total. The number of nitrogens with zero attached hydrogens (tertiary/aromatic N) is 10. The van der Waals surface area contributed by atoms with Crippen molar-refractivity contribution < 1.29 is 52.6 Å². The van der Waals surface area contributed by atoms with E-state index in [2.05, 4.69) is 116 Å². The molecule has 0 radical (unpaired) electrons. The topological polar surface area (TPSA) is 359 Å². The highest BCUT2D eigenvalue weighted by molar-refractivity contribution is 6.01. The van der Waals surface area contributed by atoms with Gasteiger partial charge in [-0.3, -0.25) is 81.2 Å². The number of amides is 5. The van der Waals surface area contributed by atoms with E-state index >= 15 is 0 Å². The van der Waals surface area contributed by atoms with E-state index in [-0.39, 0.29) is 101 Å². The zero-order chi connectivity index (χ0) is 107. The largest absolute Gasteiger partial charge is 0.481 e. The third-order valence-electron chi connectivity index (χ3n) is 27.2. The van der Waals surface area contributed by atoms with Crippen molar-refractivity contribution in [2.75, 3.05) is 4.90 Å². The van der Waals surface area contributed by atoms with E-state index in [1.165, 1.54) is 71.3 Å². The predicted octanol–water partition coefficient (Wildman–Crippen LogP) is 21.3. The number of aryl methyl sites for hydroxylation is 3. The maximum absolute atomic E-state index is 14.4. The standard InChI is InChI=1S/C31H33N3O4.C31H35N3O3.C30H38N4O3.C29H29FN4O3/c1-4-21-10-5-6-13-24(21)22-11-9-12-23(17-22)27(18-29(35)36)33-30(37)28(16-20(2)3)34-19-32-26-15-8-7-14-25(26)31(34)38;1-19(2)13-28(34-18-23-11-6-7-12-26(23)31(34)37)30(36)33-27(14-22(5)35)24-15-25(17-32-16-24)29-20(3)9-8-10-21(29)4;1-19(2)15-28(33-18-31-26-12-7-6-11-25(26)30(33)37)29(36)32-27(16-22(5)35)23-9-8-10-24(17-23)34-20(3)13-14-21(34)4;1-18(2)12-27(34-17-32-25-11-7-5-9-23(25)29(34)37)28(36)33-26(13-19(3)35)21-14-20(15-31-16-21)22-8-4-6-10-24(22)30/h5-15,17,19-20,27-28H,4,16,18H2,1-3H3,(H,33,37)(H,35,36);6-12,15-17,19,27-28H,13-14,18H2,1-5H3,(H,33,36);6-12,17-21,27-28H,13-16H2,1-5H3,(H,32,36);4-11,14-18,26-27H,12-13H2,1-3H3,(H,33,36)/t27-,28-;27-,28+;20?,21?,27-,28-;26-,27-/m0000/s1. The van der Waals surface area contributed by atoms with Crippen LogP contribution in [0.5, 0.6) is 0 Å². The zero-order valence-corrected chi connectivity index (χ0v) is 87.7. The van der Waals surface area contributed by atoms with Gasteiger partial charge in [0.25, 0.3) is 22.6 Å². The molecule has 5 aromatic heterocycles. The van der Waals surface area contributed by atoms with E-state index in [1.54, 1.807) is 108 Å². The Morgan fingerprint density at radius 3 is 1.21 bits per heavy atom. The van der Waals surface area contributed by atoms with Crippen LogP contribution in [0, 0.1) is 43.3 Å². The number of Topliss-reactive ketones (excluding diaryl/α,β-unsaturated/α-hetero) is 3. The average Bonchev–Trinajstić information content (AvgIpc) is 1.76. The van der Waals surface area contributed by atoms with Crippen molar-refractivity contribution in [1.29, 1.82) is 0 Å². The number of fused-ring (bicyclic) bond motifs is 4. The molecule has 0 aliphatic carbocycles. The third-order valence-corrected chi connectivity index (χ3v) is 27.2. The smallest absolute Gasteiger partial charge is 0.305 e. The Bertz CT molecular complexity index is 7370. The fourth-order valence-electron chi connectivity index (χ4n) is 19.9. The predicted molar refractivity (Wildman–Crippen MR) is 582 cm³/mol. The number of pyridine rings is 2. The van der Waals surface area contributed by atoms with E-state index in [1.807, 2.05) is 159 Å². The molecule has 27 nitrogen and oxygen atoms in total. The van der Waals surface area contributed by atoms with Crippen LogP contribution in [-0.2, 0) is 51.3 Å². The number of hydrogen-bond donors (Lipinski definition) is 5. The molecular formula is C121H135FN14O13. The van der Waals surface area contributed by atoms with Gasteiger partial charge in [0.05, 0.1) is 82.3 Å². The second kappa shape index (κ2) is 51.1. The van der Waals surface area contributed by atoms with Gasteiger partial charge in [-0.15, -0.1) is 0 Å². The molecule has 28 heteroatoms. The van der Waals surface area contributed by atoms with Crippen LogP contribution in [0.2, 0.25) is 0 Å². The van der Waals surface area contributed by atoms with E-state index < -0.39 is 71.9 Å². The van der Waals surface area contributed by atoms with Gasteiger partial charge in [0.15, 0.2) is 0 Å². The van der Waals surface area contributed by atoms with E-state index in [4.69, 9.17) is 0 Å². The molecule has 2 aliphatic rings. The highest BCUT2D eigenvalue weighted by Gasteiger charge is 2.39. The summed E-state index contributed by atoms with van der Waals surface area (Å²) in [4.78, 5) is 182. The Morgan fingerprint density at radius 2 is 0.765 bits per heavy atom. The molecule has 2 aliphatic heterocycles. The van der Waals surface area contributed by atoms with Crippen LogP contribution in [0.1, 0.15) is 258 Å². The maximum Gasteiger partial charge on any atom is 0.305 e. The molecule has 9 aromatic carbocycles. The number of aromatic nitrogens is 8. The van der Waals surface area contributed by atoms with Crippen LogP contribution in [-0.4, -0.2) is 120 Å². The highest BCUT2D eigenvalue weighted by Crippen LogP contribution is 2.38. The summed E-state index contributed by atoms with van der Waals surface area (Å²) >= 11 is 0. The van der Waals surface area contributed by atoms with Crippen molar-refractivity contribution in [2.45, 2.75) is 248 Å². The molecule has 774 valence electrons. The minimum absolute atomic E-state index is 0.0106. The Hall–Kier alpha value is -15.7. The van der Waals surface area contributed by atoms with Gasteiger partial charge >= 0.3 is 5.97 Å². The Balaban J connectivity index is 0.000000166. The average molecular weight is 2010 g/mol. The SMILES string of the molecule is CC(=O)C[C@H](NC(=O)[C@@H](CC(C)C)N1Cc2ccccc2C1=O)c1cncc(-c2c(C)cccc2C)c1.CC(=O)C[C@H](NC(=O)[C@H](CC(C)C)n1cnc2ccccc2c1=O)c1cccc(N2C(C)CCC2C)c1.CC(=O)C[C@H](NC(=O)[C@H](CC(C)C)n1cnc2ccccc2c1=O)c1cncc(-c2ccccc2F)c1.CCc1ccccc1-c1cccc([C@H](CC(=O)O)NC(=O)[C@H](CC(C)C)n2cnc3ccccc3c2=O)c1. The maximum atomic E-state index is 14.4. The molecule has 10 atom stereocenters. The quantitative estimate of drug-likeness (QED) is 0.0241. The Labute approximate surface area is 869 Å². The molecule has 16 rings (SSSR count). The highest BCUT2D eigenvalue weighted by atomic mass is 19.1. The zero-order valence-electron chi connectivity index (χ0n) is 87.7. The number of carboxylic acid groups (broad SMARTS) is 1. The van der Waals surface area contributed by atoms with Crippen LogP contribution in [0.4, 0.5) is 10.1 Å². The van der Waals surface area contributed by atoms with E-state index in [0.29, 0.717) is 105 Å². The van der Waals surface area contributed by atoms with Crippen molar-refractivity contribution in [1.82, 2.24) is 64.8 Å². The molecule has 0 spiro atoms. The summed E-state index contributed by atoms with van der Waals surface area (Å²) in [6.07, 6.45) is 15.9. The van der Waals surface area contributed by atoms with Crippen molar-refractivity contribution in [2.24, 2.45) is 23.7 Å². The minimum Gasteiger partial charge on any atom is -0.481 e. The molecule has 0 bridgehead atoms. The summed E-state index contributed by atoms with van der Waals surface area (Å²) in [5.41, 5.74) is 14.9. The molecule has 2 unspecified atom stereocenters. The van der Waals surface area contributed by atoms with Crippen molar-refractivity contribution in [3.63, 3.8) is 0 Å². The second-order valence-corrected chi connectivity index (χ2v) is 40.8. The van der Waals surface area contributed by atoms with Crippen molar-refractivity contribution >= 4 is 91.3 Å². The van der Waals surface area contributed by atoms with Gasteiger partial charge in [-0.2, -0.15) is 0 Å². The number of nitrogens with one attached hydrogen (secondary N) is 4. The van der Waals surface area contributed by atoms with Gasteiger partial charge in [-0.1, -0.05) is 208 Å². The van der Waals surface area contributed by atoms with Crippen LogP contribution in [0.3, 0.4) is 0 Å². The number of aliphatic carboxylic acids is 1. The minimum atomic E-state index is -1.03. The summed E-state index contributed by atoms with van der Waals surface area (Å²) in [7, 11) is 0. The lowest BCUT2D eigenvalue weighted by atomic mass is 9.94. The van der Waals surface area contributed by atoms with Crippen LogP contribution in [0.15, 0.2) is 283 Å². The second-order valence-electron chi connectivity index (χ2n) is 40.8. The lowest BCUT2D eigenvalue weighted by molar-refractivity contribution is -0.138. The van der Waals surface area contributed by atoms with Gasteiger partial charge < -0.3 is 36.2 Å². The van der Waals surface area contributed by atoms with Gasteiger partial charge in [-0.25, -0.2) is 19.3 Å². The van der Waals surface area contributed by atoms with Gasteiger partial charge in [0.1, 0.15) is 47.3 Å². The summed E-state index contributed by atoms with van der Waals surface area (Å²) in [5, 5.41) is 23.1. The number of carbonyl (C=O) groups is 9. The molecular weight excluding hydrogens is 1880 g/mol. The number of carbonyl (C=O) groups excluding carboxylic acids is 8. The summed E-state index contributed by atoms with van der Waals surface area (Å²) in [5.74, 6) is -2.50. The number of halogens is 1. The van der Waals surface area contributed by atoms with Crippen LogP contribution >= 0.6 is 0 Å². The fourth-order valence-corrected chi connectivity index (χ4v) is 19.9. The van der Waals surface area contributed by atoms with E-state index in [0.717, 1.165) is 75.0 Å². The van der Waals surface area contributed by atoms with Gasteiger partial charge in [0.2, 0.25) is 23.6 Å². The summed E-state index contributed by atoms with van der Waals surface area (Å²) in [6, 6.07) is 64.0. The molecule has 1 fully saturated rings.